The summed E-state index contributed by atoms with van der Waals surface area (Å²) in [7, 11) is -4.64. The molecule has 1 fully saturated rings. The normalized spacial score (nSPS) is 27.5. The van der Waals surface area contributed by atoms with E-state index in [1.165, 1.54) is 17.2 Å². The molecule has 0 amide bonds. The van der Waals surface area contributed by atoms with Crippen LogP contribution in [0.2, 0.25) is 36.3 Å². The van der Waals surface area contributed by atoms with Crippen molar-refractivity contribution in [2.75, 3.05) is 13.3 Å². The summed E-state index contributed by atoms with van der Waals surface area (Å²) in [6.07, 6.45) is -0.726. The van der Waals surface area contributed by atoms with Crippen LogP contribution in [0.1, 0.15) is 41.5 Å². The lowest BCUT2D eigenvalue weighted by Crippen LogP contribution is -2.55. The highest BCUT2D eigenvalue weighted by Gasteiger charge is 2.63. The standard InChI is InChI=1S/C21H41F2N3O3Si2/c1-19(2,3)30(7,8)27-13-15-17(29-31(9,10)20(4,5)6)21(22,23)18(28-15)26-12-11-16(24)25-14-26/h11-12,15,17-18H,13-14H2,1-10H3,(H2,24,25). The molecule has 3 unspecified atom stereocenters. The topological polar surface area (TPSA) is 69.3 Å². The van der Waals surface area contributed by atoms with Crippen molar-refractivity contribution in [3.05, 3.63) is 12.3 Å². The summed E-state index contributed by atoms with van der Waals surface area (Å²) in [5.74, 6) is -2.92. The van der Waals surface area contributed by atoms with Gasteiger partial charge in [-0.25, -0.2) is 4.99 Å². The lowest BCUT2D eigenvalue weighted by molar-refractivity contribution is -0.153. The van der Waals surface area contributed by atoms with Gasteiger partial charge in [-0.2, -0.15) is 8.78 Å². The number of rotatable bonds is 6. The number of aliphatic imine (C=N–C) groups is 1. The van der Waals surface area contributed by atoms with Crippen LogP contribution in [0.3, 0.4) is 0 Å². The molecule has 6 nitrogen and oxygen atoms in total. The first kappa shape index (κ1) is 26.4. The SMILES string of the molecule is CC(C)(C)[Si](C)(C)OCC1OC(N2C=CC(N)=NC2)C(F)(F)C1O[Si](C)(C)C(C)(C)C. The molecule has 0 bridgehead atoms. The summed E-state index contributed by atoms with van der Waals surface area (Å²) in [6, 6.07) is 0. The molecule has 0 aromatic rings. The second-order valence-electron chi connectivity index (χ2n) is 11.6. The summed E-state index contributed by atoms with van der Waals surface area (Å²) < 4.78 is 50.0. The predicted molar refractivity (Wildman–Crippen MR) is 126 cm³/mol. The van der Waals surface area contributed by atoms with Crippen LogP contribution in [0, 0.1) is 0 Å². The first-order chi connectivity index (χ1) is 13.8. The zero-order valence-electron chi connectivity index (χ0n) is 20.8. The van der Waals surface area contributed by atoms with Gasteiger partial charge in [-0.1, -0.05) is 41.5 Å². The van der Waals surface area contributed by atoms with Crippen molar-refractivity contribution in [2.24, 2.45) is 10.7 Å². The number of amidine groups is 1. The van der Waals surface area contributed by atoms with Crippen molar-refractivity contribution < 1.29 is 22.4 Å². The van der Waals surface area contributed by atoms with Crippen LogP contribution in [0.5, 0.6) is 0 Å². The molecule has 2 aliphatic heterocycles. The molecule has 3 atom stereocenters. The van der Waals surface area contributed by atoms with E-state index in [0.717, 1.165) is 0 Å². The molecule has 0 aromatic heterocycles. The minimum atomic E-state index is -3.23. The van der Waals surface area contributed by atoms with Gasteiger partial charge in [0.25, 0.3) is 0 Å². The molecule has 2 heterocycles. The third kappa shape index (κ3) is 5.58. The molecular weight excluding hydrogens is 436 g/mol. The number of ether oxygens (including phenoxy) is 1. The molecule has 0 spiro atoms. The maximum atomic E-state index is 15.8. The summed E-state index contributed by atoms with van der Waals surface area (Å²) in [6.45, 7) is 20.7. The van der Waals surface area contributed by atoms with Crippen LogP contribution < -0.4 is 5.73 Å². The lowest BCUT2D eigenvalue weighted by atomic mass is 10.1. The summed E-state index contributed by atoms with van der Waals surface area (Å²) in [5.41, 5.74) is 5.66. The monoisotopic (exact) mass is 477 g/mol. The first-order valence-corrected chi connectivity index (χ1v) is 16.7. The van der Waals surface area contributed by atoms with Gasteiger partial charge in [0.05, 0.1) is 6.61 Å². The molecule has 0 saturated carbocycles. The molecule has 0 radical (unpaired) electrons. The number of halogens is 2. The maximum Gasteiger partial charge on any atom is 0.318 e. The molecule has 31 heavy (non-hydrogen) atoms. The fourth-order valence-electron chi connectivity index (χ4n) is 2.89. The van der Waals surface area contributed by atoms with E-state index in [9.17, 15) is 0 Å². The molecule has 180 valence electrons. The Morgan fingerprint density at radius 3 is 2.13 bits per heavy atom. The molecule has 0 aromatic carbocycles. The van der Waals surface area contributed by atoms with Gasteiger partial charge in [0.1, 0.15) is 24.7 Å². The van der Waals surface area contributed by atoms with E-state index in [-0.39, 0.29) is 23.4 Å². The Kier molecular flexibility index (Phi) is 7.26. The van der Waals surface area contributed by atoms with Gasteiger partial charge < -0.3 is 24.2 Å². The summed E-state index contributed by atoms with van der Waals surface area (Å²) >= 11 is 0. The van der Waals surface area contributed by atoms with Crippen molar-refractivity contribution in [2.45, 2.75) is 102 Å². The Hall–Kier alpha value is -0.816. The number of nitrogens with two attached hydrogens (primary N) is 1. The van der Waals surface area contributed by atoms with Crippen molar-refractivity contribution in [3.8, 4) is 0 Å². The van der Waals surface area contributed by atoms with Crippen molar-refractivity contribution in [1.29, 1.82) is 0 Å². The van der Waals surface area contributed by atoms with Gasteiger partial charge in [0.15, 0.2) is 22.9 Å². The predicted octanol–water partition coefficient (Wildman–Crippen LogP) is 4.90. The minimum absolute atomic E-state index is 0.0191. The number of nitrogens with zero attached hydrogens (tertiary/aromatic N) is 2. The quantitative estimate of drug-likeness (QED) is 0.551. The van der Waals surface area contributed by atoms with Crippen molar-refractivity contribution in [1.82, 2.24) is 4.90 Å². The van der Waals surface area contributed by atoms with Gasteiger partial charge in [-0.3, -0.25) is 0 Å². The first-order valence-electron chi connectivity index (χ1n) is 10.9. The molecule has 2 rings (SSSR count). The molecule has 0 aliphatic carbocycles. The van der Waals surface area contributed by atoms with E-state index in [2.05, 4.69) is 38.9 Å². The Bertz CT molecular complexity index is 716. The lowest BCUT2D eigenvalue weighted by Gasteiger charge is -2.41. The zero-order valence-corrected chi connectivity index (χ0v) is 22.8. The number of hydrogen-bond donors (Lipinski definition) is 1. The van der Waals surface area contributed by atoms with Crippen LogP contribution in [-0.4, -0.2) is 65.0 Å². The van der Waals surface area contributed by atoms with Crippen LogP contribution in [0.15, 0.2) is 17.3 Å². The highest BCUT2D eigenvalue weighted by molar-refractivity contribution is 6.74. The van der Waals surface area contributed by atoms with Crippen LogP contribution in [0.25, 0.3) is 0 Å². The summed E-state index contributed by atoms with van der Waals surface area (Å²) in [4.78, 5) is 5.45. The third-order valence-corrected chi connectivity index (χ3v) is 16.1. The van der Waals surface area contributed by atoms with Gasteiger partial charge in [0.2, 0.25) is 0 Å². The average molecular weight is 478 g/mol. The fourth-order valence-corrected chi connectivity index (χ4v) is 5.20. The Balaban J connectivity index is 2.32. The Labute approximate surface area is 188 Å². The van der Waals surface area contributed by atoms with Gasteiger partial charge in [-0.15, -0.1) is 0 Å². The van der Waals surface area contributed by atoms with Gasteiger partial charge in [-0.05, 0) is 42.3 Å². The molecule has 2 N–H and O–H groups in total. The highest BCUT2D eigenvalue weighted by atomic mass is 28.4. The van der Waals surface area contributed by atoms with Crippen LogP contribution in [0.4, 0.5) is 8.78 Å². The molecule has 10 heteroatoms. The van der Waals surface area contributed by atoms with Gasteiger partial charge in [0, 0.05) is 6.20 Å². The fraction of sp³-hybridized carbons (Fsp3) is 0.857. The minimum Gasteiger partial charge on any atom is -0.414 e. The Morgan fingerprint density at radius 1 is 1.13 bits per heavy atom. The van der Waals surface area contributed by atoms with Gasteiger partial charge >= 0.3 is 5.92 Å². The second-order valence-corrected chi connectivity index (χ2v) is 21.2. The van der Waals surface area contributed by atoms with Crippen LogP contribution >= 0.6 is 0 Å². The molecular formula is C21H41F2N3O3Si2. The van der Waals surface area contributed by atoms with E-state index in [1.807, 2.05) is 33.9 Å². The van der Waals surface area contributed by atoms with Crippen LogP contribution in [-0.2, 0) is 13.6 Å². The van der Waals surface area contributed by atoms with E-state index < -0.39 is 41.0 Å². The zero-order chi connectivity index (χ0) is 24.0. The van der Waals surface area contributed by atoms with E-state index >= 15 is 8.78 Å². The number of hydrogen-bond acceptors (Lipinski definition) is 6. The van der Waals surface area contributed by atoms with Crippen molar-refractivity contribution >= 4 is 22.5 Å². The van der Waals surface area contributed by atoms with Crippen molar-refractivity contribution in [3.63, 3.8) is 0 Å². The molecule has 1 saturated heterocycles. The third-order valence-electron chi connectivity index (χ3n) is 7.15. The highest BCUT2D eigenvalue weighted by Crippen LogP contribution is 2.46. The van der Waals surface area contributed by atoms with E-state index in [1.54, 1.807) is 0 Å². The summed E-state index contributed by atoms with van der Waals surface area (Å²) in [5, 5.41) is -0.249. The Morgan fingerprint density at radius 2 is 1.68 bits per heavy atom. The molecule has 2 aliphatic rings. The number of alkyl halides is 2. The second kappa shape index (κ2) is 8.51. The smallest absolute Gasteiger partial charge is 0.318 e. The average Bonchev–Trinajstić information content (AvgIpc) is 2.82. The maximum absolute atomic E-state index is 15.8. The van der Waals surface area contributed by atoms with E-state index in [4.69, 9.17) is 19.3 Å². The largest absolute Gasteiger partial charge is 0.414 e. The van der Waals surface area contributed by atoms with E-state index in [0.29, 0.717) is 5.84 Å².